The fourth-order valence-corrected chi connectivity index (χ4v) is 3.47. The Kier molecular flexibility index (Phi) is 7.70. The number of unbranched alkanes of at least 4 members (excludes halogenated alkanes) is 1. The summed E-state index contributed by atoms with van der Waals surface area (Å²) >= 11 is 5.71. The number of benzene rings is 1. The van der Waals surface area contributed by atoms with Gasteiger partial charge in [-0.05, 0) is 30.5 Å². The fraction of sp³-hybridized carbons (Fsp3) is 0.700. The molecule has 0 saturated carbocycles. The van der Waals surface area contributed by atoms with Crippen LogP contribution in [0.4, 0.5) is 4.39 Å². The van der Waals surface area contributed by atoms with Gasteiger partial charge in [-0.2, -0.15) is 0 Å². The summed E-state index contributed by atoms with van der Waals surface area (Å²) in [6.07, 6.45) is 4.43. The number of aryl methyl sites for hydroxylation is 1. The summed E-state index contributed by atoms with van der Waals surface area (Å²) in [5, 5.41) is 0.145. The first-order valence-corrected chi connectivity index (χ1v) is 9.93. The quantitative estimate of drug-likeness (QED) is 0.687. The Morgan fingerprint density at radius 2 is 1.77 bits per heavy atom. The van der Waals surface area contributed by atoms with E-state index in [4.69, 9.17) is 30.5 Å². The molecule has 1 aromatic rings. The number of halogens is 2. The van der Waals surface area contributed by atoms with Crippen molar-refractivity contribution < 1.29 is 23.3 Å². The minimum Gasteiger partial charge on any atom is -0.352 e. The standard InChI is InChI=1S/C20H28ClFO4/c1-2-3-4-15-10-25-20(26-11-15)16-12-23-19(24-13-16)8-6-14-5-7-17(21)18(22)9-14/h5,7,9,15-16,19-20H,2-4,6,8,10-13H2,1H3/t15-,16-,19-,20-. The maximum atomic E-state index is 13.5. The predicted octanol–water partition coefficient (Wildman–Crippen LogP) is 4.58. The maximum Gasteiger partial charge on any atom is 0.164 e. The van der Waals surface area contributed by atoms with Crippen molar-refractivity contribution in [1.29, 1.82) is 0 Å². The van der Waals surface area contributed by atoms with E-state index in [2.05, 4.69) is 6.92 Å². The lowest BCUT2D eigenvalue weighted by Crippen LogP contribution is -2.44. The number of ether oxygens (including phenoxy) is 4. The molecule has 0 unspecified atom stereocenters. The van der Waals surface area contributed by atoms with Crippen molar-refractivity contribution in [2.45, 2.75) is 51.6 Å². The molecular weight excluding hydrogens is 359 g/mol. The van der Waals surface area contributed by atoms with E-state index in [0.29, 0.717) is 32.0 Å². The topological polar surface area (TPSA) is 36.9 Å². The van der Waals surface area contributed by atoms with Crippen molar-refractivity contribution in [1.82, 2.24) is 0 Å². The Bertz CT molecular complexity index is 555. The highest BCUT2D eigenvalue weighted by Gasteiger charge is 2.33. The van der Waals surface area contributed by atoms with Gasteiger partial charge in [0, 0.05) is 12.3 Å². The SMILES string of the molecule is CCCC[C@H]1CO[C@H]([C@H]2CO[C@H](CCc3ccc(Cl)c(F)c3)OC2)OC1. The van der Waals surface area contributed by atoms with Gasteiger partial charge >= 0.3 is 0 Å². The van der Waals surface area contributed by atoms with Crippen LogP contribution in [0, 0.1) is 17.7 Å². The summed E-state index contributed by atoms with van der Waals surface area (Å²) in [5.74, 6) is 0.217. The molecule has 2 aliphatic heterocycles. The molecule has 2 fully saturated rings. The molecule has 3 rings (SSSR count). The average Bonchev–Trinajstić information content (AvgIpc) is 2.68. The van der Waals surface area contributed by atoms with E-state index in [1.807, 2.05) is 6.07 Å². The largest absolute Gasteiger partial charge is 0.352 e. The second kappa shape index (κ2) is 10.00. The van der Waals surface area contributed by atoms with Gasteiger partial charge in [0.15, 0.2) is 12.6 Å². The van der Waals surface area contributed by atoms with Crippen molar-refractivity contribution in [3.8, 4) is 0 Å². The highest BCUT2D eigenvalue weighted by molar-refractivity contribution is 6.30. The number of rotatable bonds is 7. The van der Waals surface area contributed by atoms with Gasteiger partial charge in [0.2, 0.25) is 0 Å². The van der Waals surface area contributed by atoms with Gasteiger partial charge in [0.05, 0.1) is 37.4 Å². The monoisotopic (exact) mass is 386 g/mol. The zero-order valence-electron chi connectivity index (χ0n) is 15.3. The van der Waals surface area contributed by atoms with Gasteiger partial charge in [0.1, 0.15) is 5.82 Å². The van der Waals surface area contributed by atoms with E-state index < -0.39 is 5.82 Å². The summed E-state index contributed by atoms with van der Waals surface area (Å²) in [6, 6.07) is 4.87. The molecule has 0 radical (unpaired) electrons. The molecule has 26 heavy (non-hydrogen) atoms. The van der Waals surface area contributed by atoms with Crippen molar-refractivity contribution >= 4 is 11.6 Å². The predicted molar refractivity (Wildman–Crippen MR) is 97.6 cm³/mol. The van der Waals surface area contributed by atoms with Crippen LogP contribution in [0.2, 0.25) is 5.02 Å². The second-order valence-electron chi connectivity index (χ2n) is 7.19. The minimum absolute atomic E-state index is 0.103. The summed E-state index contributed by atoms with van der Waals surface area (Å²) < 4.78 is 36.9. The van der Waals surface area contributed by atoms with Crippen LogP contribution in [0.15, 0.2) is 18.2 Å². The Morgan fingerprint density at radius 3 is 2.42 bits per heavy atom. The average molecular weight is 387 g/mol. The summed E-state index contributed by atoms with van der Waals surface area (Å²) in [6.45, 7) is 4.83. The molecule has 1 aromatic carbocycles. The van der Waals surface area contributed by atoms with Crippen molar-refractivity contribution in [2.24, 2.45) is 11.8 Å². The molecular formula is C20H28ClFO4. The van der Waals surface area contributed by atoms with E-state index >= 15 is 0 Å². The van der Waals surface area contributed by atoms with E-state index in [9.17, 15) is 4.39 Å². The van der Waals surface area contributed by atoms with Crippen LogP contribution in [0.3, 0.4) is 0 Å². The van der Waals surface area contributed by atoms with Crippen LogP contribution < -0.4 is 0 Å². The Hall–Kier alpha value is -0.720. The van der Waals surface area contributed by atoms with Crippen molar-refractivity contribution in [2.75, 3.05) is 26.4 Å². The lowest BCUT2D eigenvalue weighted by molar-refractivity contribution is -0.281. The fourth-order valence-electron chi connectivity index (χ4n) is 3.35. The van der Waals surface area contributed by atoms with Crippen molar-refractivity contribution in [3.63, 3.8) is 0 Å². The molecule has 2 aliphatic rings. The van der Waals surface area contributed by atoms with Gasteiger partial charge in [-0.15, -0.1) is 0 Å². The van der Waals surface area contributed by atoms with Crippen molar-refractivity contribution in [3.05, 3.63) is 34.6 Å². The lowest BCUT2D eigenvalue weighted by Gasteiger charge is -2.37. The molecule has 146 valence electrons. The van der Waals surface area contributed by atoms with Crippen LogP contribution in [-0.4, -0.2) is 39.0 Å². The summed E-state index contributed by atoms with van der Waals surface area (Å²) in [4.78, 5) is 0. The first kappa shape index (κ1) is 20.0. The molecule has 4 nitrogen and oxygen atoms in total. The molecule has 0 aromatic heterocycles. The molecule has 2 heterocycles. The number of hydrogen-bond acceptors (Lipinski definition) is 4. The summed E-state index contributed by atoms with van der Waals surface area (Å²) in [7, 11) is 0. The Morgan fingerprint density at radius 1 is 1.04 bits per heavy atom. The highest BCUT2D eigenvalue weighted by Crippen LogP contribution is 2.26. The molecule has 0 aliphatic carbocycles. The second-order valence-corrected chi connectivity index (χ2v) is 7.59. The van der Waals surface area contributed by atoms with Crippen LogP contribution in [0.1, 0.15) is 38.2 Å². The Balaban J connectivity index is 1.36. The van der Waals surface area contributed by atoms with Crippen LogP contribution in [0.5, 0.6) is 0 Å². The van der Waals surface area contributed by atoms with E-state index in [-0.39, 0.29) is 23.5 Å². The molecule has 0 atom stereocenters. The smallest absolute Gasteiger partial charge is 0.164 e. The normalized spacial score (nSPS) is 29.7. The molecule has 0 bridgehead atoms. The first-order valence-electron chi connectivity index (χ1n) is 9.56. The first-order chi connectivity index (χ1) is 12.7. The Labute approximate surface area is 159 Å². The maximum absolute atomic E-state index is 13.5. The van der Waals surface area contributed by atoms with Crippen LogP contribution in [0.25, 0.3) is 0 Å². The van der Waals surface area contributed by atoms with E-state index in [1.165, 1.54) is 18.9 Å². The molecule has 0 spiro atoms. The van der Waals surface area contributed by atoms with Gasteiger partial charge in [-0.3, -0.25) is 0 Å². The van der Waals surface area contributed by atoms with Gasteiger partial charge in [0.25, 0.3) is 0 Å². The molecule has 2 saturated heterocycles. The third-order valence-corrected chi connectivity index (χ3v) is 5.29. The molecule has 0 N–H and O–H groups in total. The van der Waals surface area contributed by atoms with E-state index in [1.54, 1.807) is 6.07 Å². The third kappa shape index (κ3) is 5.64. The lowest BCUT2D eigenvalue weighted by atomic mass is 10.0. The van der Waals surface area contributed by atoms with Gasteiger partial charge in [-0.25, -0.2) is 4.39 Å². The van der Waals surface area contributed by atoms with E-state index in [0.717, 1.165) is 25.2 Å². The highest BCUT2D eigenvalue weighted by atomic mass is 35.5. The number of hydrogen-bond donors (Lipinski definition) is 0. The molecule has 6 heteroatoms. The third-order valence-electron chi connectivity index (χ3n) is 4.99. The molecule has 0 amide bonds. The van der Waals surface area contributed by atoms with Crippen LogP contribution >= 0.6 is 11.6 Å². The van der Waals surface area contributed by atoms with Gasteiger partial charge < -0.3 is 18.9 Å². The minimum atomic E-state index is -0.390. The van der Waals surface area contributed by atoms with Gasteiger partial charge in [-0.1, -0.05) is 37.4 Å². The zero-order chi connectivity index (χ0) is 18.4. The van der Waals surface area contributed by atoms with Crippen LogP contribution in [-0.2, 0) is 25.4 Å². The summed E-state index contributed by atoms with van der Waals surface area (Å²) in [5.41, 5.74) is 0.887. The zero-order valence-corrected chi connectivity index (χ0v) is 16.1.